The van der Waals surface area contributed by atoms with Crippen LogP contribution in [0.3, 0.4) is 0 Å². The fourth-order valence-corrected chi connectivity index (χ4v) is 40.7. The van der Waals surface area contributed by atoms with Crippen LogP contribution in [-0.4, -0.2) is 60.9 Å². The van der Waals surface area contributed by atoms with E-state index in [0.717, 1.165) is 89.3 Å². The lowest BCUT2D eigenvalue weighted by atomic mass is 9.89. The average Bonchev–Trinajstić information content (AvgIpc) is 0.727. The molecule has 12 heteroatoms. The van der Waals surface area contributed by atoms with Gasteiger partial charge in [-0.1, -0.05) is 383 Å². The second kappa shape index (κ2) is 41.7. The van der Waals surface area contributed by atoms with E-state index in [0.29, 0.717) is 61.1 Å². The van der Waals surface area contributed by atoms with Gasteiger partial charge in [-0.15, -0.1) is 22.2 Å². The van der Waals surface area contributed by atoms with E-state index in [2.05, 4.69) is 467 Å². The van der Waals surface area contributed by atoms with Gasteiger partial charge >= 0.3 is 11.9 Å². The van der Waals surface area contributed by atoms with Gasteiger partial charge in [-0.25, -0.2) is 0 Å². The molecule has 0 radical (unpaired) electrons. The molecule has 0 unspecified atom stereocenters. The number of carbonyl (C=O) groups excluding carboxylic acids is 2. The van der Waals surface area contributed by atoms with E-state index in [4.69, 9.17) is 18.3 Å². The summed E-state index contributed by atoms with van der Waals surface area (Å²) in [6, 6.07) is 90.2. The zero-order chi connectivity index (χ0) is 97.8. The molecule has 14 rings (SSSR count). The van der Waals surface area contributed by atoms with Crippen LogP contribution in [0, 0.1) is 45.9 Å². The Balaban J connectivity index is 0.641. The number of ether oxygens (including phenoxy) is 2. The third-order valence-electron chi connectivity index (χ3n) is 31.4. The highest BCUT2D eigenvalue weighted by Crippen LogP contribution is 2.45. The highest BCUT2D eigenvalue weighted by molar-refractivity contribution is 7.02. The van der Waals surface area contributed by atoms with Crippen molar-refractivity contribution in [1.82, 2.24) is 0 Å². The Bertz CT molecular complexity index is 6380. The van der Waals surface area contributed by atoms with Crippen molar-refractivity contribution in [2.75, 3.05) is 0 Å². The second-order valence-corrected chi connectivity index (χ2v) is 73.4. The summed E-state index contributed by atoms with van der Waals surface area (Å²) in [6.45, 7) is 62.8. The van der Waals surface area contributed by atoms with Gasteiger partial charge in [0.05, 0.1) is 13.2 Å². The zero-order valence-corrected chi connectivity index (χ0v) is 92.2. The van der Waals surface area contributed by atoms with E-state index in [1.807, 2.05) is 0 Å². The van der Waals surface area contributed by atoms with Gasteiger partial charge in [0.15, 0.2) is 48.9 Å². The Morgan fingerprint density at radius 3 is 0.603 bits per heavy atom. The topological polar surface area (TPSA) is 71.1 Å². The monoisotopic (exact) mass is 1900 g/mol. The van der Waals surface area contributed by atoms with Gasteiger partial charge in [0.25, 0.3) is 0 Å². The number of hydrogen-bond acceptors (Lipinski definition) is 6. The molecule has 136 heavy (non-hydrogen) atoms. The third kappa shape index (κ3) is 20.8. The van der Waals surface area contributed by atoms with Crippen molar-refractivity contribution in [2.24, 2.45) is 0 Å². The Labute approximate surface area is 820 Å². The van der Waals surface area contributed by atoms with Crippen LogP contribution < -0.4 is 20.7 Å². The summed E-state index contributed by atoms with van der Waals surface area (Å²) >= 11 is 0. The first-order valence-corrected chi connectivity index (χ1v) is 64.7. The number of fused-ring (bicyclic) bond motifs is 8. The first kappa shape index (κ1) is 101. The number of rotatable bonds is 29. The summed E-state index contributed by atoms with van der Waals surface area (Å²) in [6.07, 6.45) is 3.60. The van der Waals surface area contributed by atoms with Crippen LogP contribution in [0.15, 0.2) is 243 Å². The van der Waals surface area contributed by atoms with Gasteiger partial charge in [0, 0.05) is 35.1 Å². The first-order chi connectivity index (χ1) is 64.5. The molecule has 0 spiro atoms. The van der Waals surface area contributed by atoms with E-state index in [9.17, 15) is 9.59 Å². The van der Waals surface area contributed by atoms with Crippen LogP contribution in [-0.2, 0) is 54.3 Å². The van der Waals surface area contributed by atoms with Crippen LogP contribution in [0.2, 0.25) is 80.6 Å². The summed E-state index contributed by atoms with van der Waals surface area (Å²) in [5.41, 5.74) is 27.9. The molecule has 14 aromatic rings. The van der Waals surface area contributed by atoms with Crippen LogP contribution in [0.1, 0.15) is 235 Å². The van der Waals surface area contributed by atoms with Gasteiger partial charge < -0.3 is 18.3 Å². The lowest BCUT2D eigenvalue weighted by Gasteiger charge is -2.36. The lowest BCUT2D eigenvalue weighted by molar-refractivity contribution is -0.146. The van der Waals surface area contributed by atoms with Crippen molar-refractivity contribution >= 4 is 168 Å². The van der Waals surface area contributed by atoms with Gasteiger partial charge in [-0.3, -0.25) is 9.59 Å². The van der Waals surface area contributed by atoms with Crippen molar-refractivity contribution in [2.45, 2.75) is 298 Å². The Hall–Kier alpha value is -10.4. The maximum absolute atomic E-state index is 13.4. The van der Waals surface area contributed by atoms with Gasteiger partial charge in [0.2, 0.25) is 0 Å². The number of benzene rings is 14. The molecule has 14 aromatic carbocycles. The molecule has 702 valence electrons. The molecule has 0 bridgehead atoms. The summed E-state index contributed by atoms with van der Waals surface area (Å²) in [7, 11) is -14.3. The van der Waals surface area contributed by atoms with Gasteiger partial charge in [0.1, 0.15) is 13.2 Å². The van der Waals surface area contributed by atoms with Crippen LogP contribution in [0.25, 0.3) is 86.2 Å². The van der Waals surface area contributed by atoms with Crippen molar-refractivity contribution in [3.63, 3.8) is 0 Å². The summed E-state index contributed by atoms with van der Waals surface area (Å²) in [5, 5.41) is 24.0. The van der Waals surface area contributed by atoms with Crippen LogP contribution in [0.5, 0.6) is 0 Å². The van der Waals surface area contributed by atoms with Crippen molar-refractivity contribution in [3.05, 3.63) is 287 Å². The normalized spacial score (nSPS) is 12.8. The first-order valence-electron chi connectivity index (χ1n) is 50.3. The second-order valence-electron chi connectivity index (χ2n) is 44.3. The third-order valence-corrected chi connectivity index (χ3v) is 62.2. The summed E-state index contributed by atoms with van der Waals surface area (Å²) in [5.74, 6) is 15.9. The van der Waals surface area contributed by atoms with Crippen LogP contribution >= 0.6 is 0 Å². The van der Waals surface area contributed by atoms with Gasteiger partial charge in [-0.2, -0.15) is 0 Å². The fourth-order valence-electron chi connectivity index (χ4n) is 21.0. The maximum Gasteiger partial charge on any atom is 0.306 e. The molecule has 0 saturated carbocycles. The van der Waals surface area contributed by atoms with Crippen molar-refractivity contribution in [1.29, 1.82) is 0 Å². The number of carbonyl (C=O) groups is 2. The largest absolute Gasteiger partial charge is 0.461 e. The fraction of sp³-hybridized carbons (Fsp3) is 0.371. The zero-order valence-electron chi connectivity index (χ0n) is 86.2. The summed E-state index contributed by atoms with van der Waals surface area (Å²) in [4.78, 5) is 26.9. The van der Waals surface area contributed by atoms with Crippen molar-refractivity contribution in [3.8, 4) is 45.9 Å². The molecule has 0 saturated heterocycles. The molecule has 0 amide bonds. The van der Waals surface area contributed by atoms with E-state index in [1.54, 1.807) is 0 Å². The SMILES string of the molecule is CC(C)[Si](C#Cc1c2cc3ccccc3cc2c(C#C[Si](c2ccc(CO[Si](C)(C)C(C)(C)C)cc2)(C(C)C)C(C)C)c2cc3ccccc3cc12)(c1ccc(COC(=O)CCCCCCC(=O)OCc2ccc([Si](C#Cc3c4cc5ccccc5cc4c(C#C[Si](c4ccc(CO[Si](C)(C)C(C)(C)C)cc4)(C(C)C)C(C)C)c4cc5ccccc5cc34)(C(C)C)C(C)C)cc2)cc1)C(C)C. The average molecular weight is 1900 g/mol. The van der Waals surface area contributed by atoms with Crippen molar-refractivity contribution < 1.29 is 27.9 Å². The highest BCUT2D eigenvalue weighted by atomic mass is 28.4. The van der Waals surface area contributed by atoms with E-state index in [-0.39, 0.29) is 57.4 Å². The predicted molar refractivity (Wildman–Crippen MR) is 600 cm³/mol. The minimum Gasteiger partial charge on any atom is -0.461 e. The molecule has 0 aliphatic carbocycles. The summed E-state index contributed by atoms with van der Waals surface area (Å²) < 4.78 is 25.4. The van der Waals surface area contributed by atoms with Gasteiger partial charge in [-0.05, 0) is 271 Å². The molecular weight excluding hydrogens is 1750 g/mol. The minimum absolute atomic E-state index is 0.134. The van der Waals surface area contributed by atoms with E-state index >= 15 is 0 Å². The van der Waals surface area contributed by atoms with Crippen LogP contribution in [0.4, 0.5) is 0 Å². The number of esters is 2. The van der Waals surface area contributed by atoms with E-state index < -0.39 is 48.9 Å². The lowest BCUT2D eigenvalue weighted by Crippen LogP contribution is -2.52. The number of hydrogen-bond donors (Lipinski definition) is 0. The minimum atomic E-state index is -2.66. The molecule has 0 heterocycles. The molecule has 0 aliphatic heterocycles. The smallest absolute Gasteiger partial charge is 0.306 e. The quantitative estimate of drug-likeness (QED) is 0.0153. The molecule has 0 atom stereocenters. The Morgan fingerprint density at radius 2 is 0.434 bits per heavy atom. The maximum atomic E-state index is 13.4. The molecule has 0 fully saturated rings. The molecular formula is C124H146O6Si6. The standard InChI is InChI=1S/C124H146O6Si6/c1-85(2)133(86(3)4,69-65-109-113-73-97-39-31-35-43-101(97)77-117(113)111(118-78-102-44-36-32-40-98(102)74-114(109)118)67-71-135(89(9)10,90(11)12)107-61-53-95(54-62-107)83-129-131(23,24)123(17,18)19)105-57-49-93(50-58-105)81-127-121(125)47-29-27-28-30-48-122(126)128-82-94-51-59-106(60-52-94)134(87(5)6,88(7)8)70-66-110-115-75-99-41-33-37-45-103(99)79-119(115)112(120-80-104-46-38-34-42-100(104)76-116(110)120)68-72-136(91(13)14,92(15)16)108-63-55-96(56-64-108)84-130-132(25,26)124(20,21)22/h31-46,49-64,73-80,85-92H,27-30,47-48,81-84H2,1-26H3. The molecule has 0 N–H and O–H groups in total. The predicted octanol–water partition coefficient (Wildman–Crippen LogP) is 31.3. The Morgan fingerprint density at radius 1 is 0.257 bits per heavy atom. The molecule has 0 aliphatic rings. The molecule has 0 aromatic heterocycles. The number of unbranched alkanes of at least 4 members (excludes halogenated alkanes) is 3. The Kier molecular flexibility index (Phi) is 31.1. The highest BCUT2D eigenvalue weighted by Gasteiger charge is 2.46. The molecule has 6 nitrogen and oxygen atoms in total. The van der Waals surface area contributed by atoms with E-state index in [1.165, 1.54) is 75.0 Å².